The van der Waals surface area contributed by atoms with E-state index in [0.717, 1.165) is 6.20 Å². The fourth-order valence-electron chi connectivity index (χ4n) is 2.97. The number of hydrogen-bond donors (Lipinski definition) is 1. The summed E-state index contributed by atoms with van der Waals surface area (Å²) in [5, 5.41) is 7.37. The van der Waals surface area contributed by atoms with Crippen molar-refractivity contribution in [3.05, 3.63) is 53.3 Å². The van der Waals surface area contributed by atoms with Gasteiger partial charge in [0.2, 0.25) is 0 Å². The summed E-state index contributed by atoms with van der Waals surface area (Å²) in [5.74, 6) is -0.308. The lowest BCUT2D eigenvalue weighted by atomic mass is 10.0. The monoisotopic (exact) mass is 331 g/mol. The van der Waals surface area contributed by atoms with Crippen molar-refractivity contribution >= 4 is 28.7 Å². The topological polar surface area (TPSA) is 64.0 Å². The Bertz CT molecular complexity index is 1020. The summed E-state index contributed by atoms with van der Waals surface area (Å²) >= 11 is 0. The molecule has 5 nitrogen and oxygen atoms in total. The molecule has 1 amide bonds. The van der Waals surface area contributed by atoms with Gasteiger partial charge < -0.3 is 5.32 Å². The zero-order valence-electron chi connectivity index (χ0n) is 11.9. The van der Waals surface area contributed by atoms with Crippen molar-refractivity contribution in [3.63, 3.8) is 0 Å². The van der Waals surface area contributed by atoms with E-state index < -0.39 is 17.4 Å². The zero-order valence-corrected chi connectivity index (χ0v) is 11.9. The maximum atomic E-state index is 13.4. The van der Waals surface area contributed by atoms with Crippen LogP contribution in [-0.4, -0.2) is 22.0 Å². The lowest BCUT2D eigenvalue weighted by molar-refractivity contribution is -0.143. The molecule has 8 heteroatoms. The molecule has 2 aromatic carbocycles. The maximum Gasteiger partial charge on any atom is 0.434 e. The van der Waals surface area contributed by atoms with Gasteiger partial charge >= 0.3 is 6.18 Å². The van der Waals surface area contributed by atoms with Crippen LogP contribution in [0.5, 0.6) is 0 Å². The number of anilines is 1. The fraction of sp³-hybridized carbons (Fsp3) is 0.0625. The molecule has 4 rings (SSSR count). The number of aldehydes is 1. The Morgan fingerprint density at radius 3 is 2.67 bits per heavy atom. The summed E-state index contributed by atoms with van der Waals surface area (Å²) in [7, 11) is 0. The minimum absolute atomic E-state index is 0.122. The maximum absolute atomic E-state index is 13.4. The summed E-state index contributed by atoms with van der Waals surface area (Å²) in [5.41, 5.74) is -0.616. The second kappa shape index (κ2) is 4.67. The van der Waals surface area contributed by atoms with Crippen LogP contribution in [0.2, 0.25) is 0 Å². The molecule has 0 unspecified atom stereocenters. The summed E-state index contributed by atoms with van der Waals surface area (Å²) in [6, 6.07) is 7.76. The first-order chi connectivity index (χ1) is 11.4. The Hall–Kier alpha value is -3.16. The standard InChI is InChI=1S/C16H8F3N3O2/c17-16(18,19)14-8(7-23)6-20-22(14)12-5-4-11-13-9(12)2-1-3-10(13)15(24)21-11/h1-7H,(H,21,24). The van der Waals surface area contributed by atoms with E-state index in [2.05, 4.69) is 10.4 Å². The van der Waals surface area contributed by atoms with Crippen LogP contribution < -0.4 is 5.32 Å². The molecular weight excluding hydrogens is 323 g/mol. The van der Waals surface area contributed by atoms with Gasteiger partial charge in [0.05, 0.1) is 17.4 Å². The molecule has 2 heterocycles. The van der Waals surface area contributed by atoms with Gasteiger partial charge in [-0.3, -0.25) is 9.59 Å². The Labute approximate surface area is 132 Å². The molecule has 1 aliphatic rings. The highest BCUT2D eigenvalue weighted by molar-refractivity contribution is 6.25. The number of alkyl halides is 3. The molecule has 3 aromatic rings. The number of nitrogens with one attached hydrogen (secondary N) is 1. The Morgan fingerprint density at radius 2 is 1.96 bits per heavy atom. The average Bonchev–Trinajstić information content (AvgIpc) is 3.11. The van der Waals surface area contributed by atoms with Crippen molar-refractivity contribution in [1.82, 2.24) is 9.78 Å². The lowest BCUT2D eigenvalue weighted by Gasteiger charge is -2.13. The number of amides is 1. The number of hydrogen-bond acceptors (Lipinski definition) is 3. The minimum Gasteiger partial charge on any atom is -0.321 e. The van der Waals surface area contributed by atoms with Gasteiger partial charge in [-0.1, -0.05) is 12.1 Å². The van der Waals surface area contributed by atoms with Crippen LogP contribution in [0, 0.1) is 0 Å². The Kier molecular flexibility index (Phi) is 2.81. The predicted octanol–water partition coefficient (Wildman–Crippen LogP) is 3.42. The molecule has 0 saturated heterocycles. The van der Waals surface area contributed by atoms with Crippen LogP contribution in [-0.2, 0) is 6.18 Å². The normalized spacial score (nSPS) is 13.4. The second-order valence-corrected chi connectivity index (χ2v) is 5.29. The summed E-state index contributed by atoms with van der Waals surface area (Å²) in [6.45, 7) is 0. The van der Waals surface area contributed by atoms with Crippen LogP contribution >= 0.6 is 0 Å². The van der Waals surface area contributed by atoms with Crippen molar-refractivity contribution in [2.45, 2.75) is 6.18 Å². The smallest absolute Gasteiger partial charge is 0.321 e. The van der Waals surface area contributed by atoms with Crippen molar-refractivity contribution in [1.29, 1.82) is 0 Å². The highest BCUT2D eigenvalue weighted by atomic mass is 19.4. The van der Waals surface area contributed by atoms with Gasteiger partial charge in [0.15, 0.2) is 12.0 Å². The van der Waals surface area contributed by atoms with Crippen molar-refractivity contribution in [2.75, 3.05) is 5.32 Å². The quantitative estimate of drug-likeness (QED) is 0.732. The molecule has 0 fully saturated rings. The molecule has 1 aromatic heterocycles. The van der Waals surface area contributed by atoms with Gasteiger partial charge in [-0.25, -0.2) is 4.68 Å². The third kappa shape index (κ3) is 1.86. The molecule has 0 saturated carbocycles. The fourth-order valence-corrected chi connectivity index (χ4v) is 2.97. The number of aromatic nitrogens is 2. The molecule has 0 atom stereocenters. The van der Waals surface area contributed by atoms with Crippen LogP contribution in [0.4, 0.5) is 18.9 Å². The summed E-state index contributed by atoms with van der Waals surface area (Å²) < 4.78 is 40.8. The van der Waals surface area contributed by atoms with Crippen molar-refractivity contribution in [3.8, 4) is 5.69 Å². The molecule has 0 spiro atoms. The summed E-state index contributed by atoms with van der Waals surface area (Å²) in [4.78, 5) is 22.8. The highest BCUT2D eigenvalue weighted by Crippen LogP contribution is 2.39. The SMILES string of the molecule is O=Cc1cnn(-c2ccc3c4c(cccc24)C(=O)N3)c1C(F)(F)F. The van der Waals surface area contributed by atoms with E-state index in [1.54, 1.807) is 18.2 Å². The van der Waals surface area contributed by atoms with Gasteiger partial charge in [0.25, 0.3) is 5.91 Å². The van der Waals surface area contributed by atoms with E-state index in [0.29, 0.717) is 26.7 Å². The molecule has 120 valence electrons. The third-order valence-electron chi connectivity index (χ3n) is 3.93. The van der Waals surface area contributed by atoms with Crippen LogP contribution in [0.1, 0.15) is 26.4 Å². The number of halogens is 3. The zero-order chi connectivity index (χ0) is 17.1. The van der Waals surface area contributed by atoms with Crippen molar-refractivity contribution in [2.24, 2.45) is 0 Å². The van der Waals surface area contributed by atoms with E-state index in [-0.39, 0.29) is 17.9 Å². The number of rotatable bonds is 2. The molecule has 24 heavy (non-hydrogen) atoms. The molecule has 1 aliphatic heterocycles. The summed E-state index contributed by atoms with van der Waals surface area (Å²) in [6.07, 6.45) is -3.75. The van der Waals surface area contributed by atoms with Gasteiger partial charge in [0.1, 0.15) is 0 Å². The first-order valence-electron chi connectivity index (χ1n) is 6.89. The number of carbonyl (C=O) groups is 2. The van der Waals surface area contributed by atoms with Gasteiger partial charge in [-0.15, -0.1) is 0 Å². The number of nitrogens with zero attached hydrogens (tertiary/aromatic N) is 2. The highest BCUT2D eigenvalue weighted by Gasteiger charge is 2.39. The largest absolute Gasteiger partial charge is 0.434 e. The molecule has 1 N–H and O–H groups in total. The van der Waals surface area contributed by atoms with Crippen LogP contribution in [0.25, 0.3) is 16.5 Å². The van der Waals surface area contributed by atoms with E-state index in [1.807, 2.05) is 0 Å². The van der Waals surface area contributed by atoms with Crippen LogP contribution in [0.3, 0.4) is 0 Å². The number of carbonyl (C=O) groups excluding carboxylic acids is 2. The molecular formula is C16H8F3N3O2. The lowest BCUT2D eigenvalue weighted by Crippen LogP contribution is -2.15. The Balaban J connectivity index is 2.07. The van der Waals surface area contributed by atoms with E-state index in [9.17, 15) is 22.8 Å². The van der Waals surface area contributed by atoms with Gasteiger partial charge in [0, 0.05) is 22.0 Å². The molecule has 0 bridgehead atoms. The predicted molar refractivity (Wildman–Crippen MR) is 79.4 cm³/mol. The first kappa shape index (κ1) is 14.4. The van der Waals surface area contributed by atoms with E-state index >= 15 is 0 Å². The second-order valence-electron chi connectivity index (χ2n) is 5.29. The molecule has 0 aliphatic carbocycles. The van der Waals surface area contributed by atoms with Gasteiger partial charge in [-0.05, 0) is 18.2 Å². The van der Waals surface area contributed by atoms with Gasteiger partial charge in [-0.2, -0.15) is 18.3 Å². The minimum atomic E-state index is -4.75. The number of benzene rings is 2. The Morgan fingerprint density at radius 1 is 1.17 bits per heavy atom. The van der Waals surface area contributed by atoms with E-state index in [4.69, 9.17) is 0 Å². The molecule has 0 radical (unpaired) electrons. The third-order valence-corrected chi connectivity index (χ3v) is 3.93. The van der Waals surface area contributed by atoms with E-state index in [1.165, 1.54) is 12.1 Å². The average molecular weight is 331 g/mol. The first-order valence-corrected chi connectivity index (χ1v) is 6.89. The van der Waals surface area contributed by atoms with Crippen LogP contribution in [0.15, 0.2) is 36.5 Å². The van der Waals surface area contributed by atoms with Crippen molar-refractivity contribution < 1.29 is 22.8 Å².